The summed E-state index contributed by atoms with van der Waals surface area (Å²) in [6.45, 7) is 1.32. The summed E-state index contributed by atoms with van der Waals surface area (Å²) in [5, 5.41) is 0.928. The van der Waals surface area contributed by atoms with E-state index >= 15 is 0 Å². The maximum Gasteiger partial charge on any atom is 0.419 e. The van der Waals surface area contributed by atoms with Crippen molar-refractivity contribution in [3.05, 3.63) is 89.2 Å². The Morgan fingerprint density at radius 3 is 2.42 bits per heavy atom. The zero-order valence-electron chi connectivity index (χ0n) is 19.0. The van der Waals surface area contributed by atoms with Gasteiger partial charge in [-0.2, -0.15) is 21.6 Å². The van der Waals surface area contributed by atoms with Crippen molar-refractivity contribution in [3.63, 3.8) is 0 Å². The summed E-state index contributed by atoms with van der Waals surface area (Å²) in [6, 6.07) is 16.7. The molecule has 0 aliphatic carbocycles. The van der Waals surface area contributed by atoms with Gasteiger partial charge in [-0.05, 0) is 53.8 Å². The first-order valence-electron chi connectivity index (χ1n) is 10.8. The minimum atomic E-state index is -4.92. The number of fused-ring (bicyclic) bond motifs is 2. The molecule has 11 heteroatoms. The van der Waals surface area contributed by atoms with E-state index in [-0.39, 0.29) is 10.7 Å². The number of aryl methyl sites for hydroxylation is 2. The second-order valence-corrected chi connectivity index (χ2v) is 11.1. The number of anilines is 1. The van der Waals surface area contributed by atoms with Gasteiger partial charge in [-0.15, -0.1) is 11.3 Å². The van der Waals surface area contributed by atoms with Crippen LogP contribution in [0.5, 0.6) is 0 Å². The fraction of sp³-hybridized carbons (Fsp3) is 0.160. The lowest BCUT2D eigenvalue weighted by Crippen LogP contribution is -2.32. The summed E-state index contributed by atoms with van der Waals surface area (Å²) in [5.41, 5.74) is 0.255. The van der Waals surface area contributed by atoms with Gasteiger partial charge in [0, 0.05) is 11.7 Å². The van der Waals surface area contributed by atoms with Gasteiger partial charge in [0.15, 0.2) is 0 Å². The largest absolute Gasteiger partial charge is 0.419 e. The average Bonchev–Trinajstić information content (AvgIpc) is 3.35. The number of halogens is 4. The molecule has 0 aliphatic rings. The predicted molar refractivity (Wildman–Crippen MR) is 132 cm³/mol. The quantitative estimate of drug-likeness (QED) is 0.238. The van der Waals surface area contributed by atoms with Crippen LogP contribution in [0.3, 0.4) is 0 Å². The van der Waals surface area contributed by atoms with Crippen LogP contribution in [-0.4, -0.2) is 18.0 Å². The van der Waals surface area contributed by atoms with Crippen molar-refractivity contribution in [1.29, 1.82) is 0 Å². The molecule has 0 aliphatic heterocycles. The number of nitrogens with zero attached hydrogens (tertiary/aromatic N) is 3. The number of alkyl halides is 3. The summed E-state index contributed by atoms with van der Waals surface area (Å²) in [5.74, 6) is -1.42. The van der Waals surface area contributed by atoms with Crippen molar-refractivity contribution < 1.29 is 26.0 Å². The first-order chi connectivity index (χ1) is 17.0. The topological polar surface area (TPSA) is 55.2 Å². The Hall–Kier alpha value is -3.44. The Balaban J connectivity index is 1.71. The van der Waals surface area contributed by atoms with Crippen LogP contribution in [-0.2, 0) is 29.8 Å². The summed E-state index contributed by atoms with van der Waals surface area (Å²) in [6.07, 6.45) is -4.92. The summed E-state index contributed by atoms with van der Waals surface area (Å²) >= 11 is 1.21. The molecule has 0 bridgehead atoms. The smallest absolute Gasteiger partial charge is 0.316 e. The molecule has 0 spiro atoms. The first-order valence-corrected chi connectivity index (χ1v) is 13.0. The molecule has 0 saturated carbocycles. The first kappa shape index (κ1) is 24.3. The Bertz CT molecular complexity index is 1720. The molecule has 0 amide bonds. The molecular weight excluding hydrogens is 514 g/mol. The maximum atomic E-state index is 14.1. The number of para-hydroxylation sites is 2. The second kappa shape index (κ2) is 8.59. The van der Waals surface area contributed by atoms with Gasteiger partial charge in [-0.1, -0.05) is 36.4 Å². The van der Waals surface area contributed by atoms with Crippen molar-refractivity contribution in [1.82, 2.24) is 9.55 Å². The molecule has 2 aromatic heterocycles. The minimum absolute atomic E-state index is 0.0112. The zero-order chi connectivity index (χ0) is 25.8. The fourth-order valence-electron chi connectivity index (χ4n) is 4.17. The van der Waals surface area contributed by atoms with Crippen LogP contribution >= 0.6 is 11.3 Å². The third-order valence-electron chi connectivity index (χ3n) is 5.97. The minimum Gasteiger partial charge on any atom is -0.316 e. The highest BCUT2D eigenvalue weighted by atomic mass is 32.2. The number of hydrogen-bond donors (Lipinski definition) is 0. The van der Waals surface area contributed by atoms with Gasteiger partial charge < -0.3 is 4.57 Å². The SMILES string of the molecule is Cc1c(N(Cc2ccc(F)c(C(F)(F)F)c2)S(=O)(=O)c2nc3ccccc3n2C)sc2ccccc12. The monoisotopic (exact) mass is 533 g/mol. The molecular formula is C25H19F4N3O2S2. The van der Waals surface area contributed by atoms with E-state index < -0.39 is 34.1 Å². The molecule has 2 heterocycles. The lowest BCUT2D eigenvalue weighted by molar-refractivity contribution is -0.140. The van der Waals surface area contributed by atoms with Crippen LogP contribution in [0.2, 0.25) is 0 Å². The lowest BCUT2D eigenvalue weighted by Gasteiger charge is -2.24. The van der Waals surface area contributed by atoms with Gasteiger partial charge in [0.05, 0.1) is 23.1 Å². The van der Waals surface area contributed by atoms with Crippen molar-refractivity contribution in [2.45, 2.75) is 24.8 Å². The van der Waals surface area contributed by atoms with Crippen LogP contribution in [0.1, 0.15) is 16.7 Å². The van der Waals surface area contributed by atoms with Gasteiger partial charge >= 0.3 is 6.18 Å². The Kier molecular flexibility index (Phi) is 5.79. The Morgan fingerprint density at radius 2 is 1.72 bits per heavy atom. The van der Waals surface area contributed by atoms with Crippen molar-refractivity contribution in [3.8, 4) is 0 Å². The van der Waals surface area contributed by atoms with Crippen molar-refractivity contribution >= 4 is 47.5 Å². The highest BCUT2D eigenvalue weighted by Crippen LogP contribution is 2.41. The number of imidazole rings is 1. The fourth-order valence-corrected chi connectivity index (χ4v) is 7.22. The summed E-state index contributed by atoms with van der Waals surface area (Å²) < 4.78 is 85.5. The van der Waals surface area contributed by atoms with E-state index in [9.17, 15) is 26.0 Å². The third-order valence-corrected chi connectivity index (χ3v) is 9.10. The number of hydrogen-bond acceptors (Lipinski definition) is 4. The van der Waals surface area contributed by atoms with E-state index in [0.29, 0.717) is 33.7 Å². The highest BCUT2D eigenvalue weighted by molar-refractivity contribution is 7.92. The van der Waals surface area contributed by atoms with Gasteiger partial charge in [-0.3, -0.25) is 0 Å². The third kappa shape index (κ3) is 4.01. The normalized spacial score (nSPS) is 12.5. The number of sulfonamides is 1. The highest BCUT2D eigenvalue weighted by Gasteiger charge is 2.36. The molecule has 36 heavy (non-hydrogen) atoms. The summed E-state index contributed by atoms with van der Waals surface area (Å²) in [4.78, 5) is 4.32. The van der Waals surface area contributed by atoms with Crippen LogP contribution in [0.4, 0.5) is 22.6 Å². The van der Waals surface area contributed by atoms with Crippen molar-refractivity contribution in [2.24, 2.45) is 7.05 Å². The van der Waals surface area contributed by atoms with E-state index in [1.165, 1.54) is 15.9 Å². The predicted octanol–water partition coefficient (Wildman–Crippen LogP) is 6.65. The molecule has 5 nitrogen and oxygen atoms in total. The number of rotatable bonds is 5. The second-order valence-electron chi connectivity index (χ2n) is 8.29. The molecule has 5 rings (SSSR count). The molecule has 0 radical (unpaired) electrons. The molecule has 186 valence electrons. The van der Waals surface area contributed by atoms with Gasteiger partial charge in [0.1, 0.15) is 10.8 Å². The number of thiophene rings is 1. The van der Waals surface area contributed by atoms with E-state index in [2.05, 4.69) is 4.98 Å². The Labute approximate surface area is 208 Å². The molecule has 0 fully saturated rings. The number of benzene rings is 3. The number of aromatic nitrogens is 2. The van der Waals surface area contributed by atoms with E-state index in [4.69, 9.17) is 0 Å². The summed E-state index contributed by atoms with van der Waals surface area (Å²) in [7, 11) is -2.79. The molecule has 0 unspecified atom stereocenters. The van der Waals surface area contributed by atoms with Crippen LogP contribution in [0, 0.1) is 12.7 Å². The van der Waals surface area contributed by atoms with Gasteiger partial charge in [0.2, 0.25) is 5.16 Å². The van der Waals surface area contributed by atoms with E-state index in [1.54, 1.807) is 38.2 Å². The molecule has 0 saturated heterocycles. The average molecular weight is 534 g/mol. The molecule has 0 N–H and O–H groups in total. The van der Waals surface area contributed by atoms with Gasteiger partial charge in [-0.25, -0.2) is 13.7 Å². The zero-order valence-corrected chi connectivity index (χ0v) is 20.7. The molecule has 5 aromatic rings. The van der Waals surface area contributed by atoms with Crippen LogP contribution < -0.4 is 4.31 Å². The van der Waals surface area contributed by atoms with Crippen molar-refractivity contribution in [2.75, 3.05) is 4.31 Å². The van der Waals surface area contributed by atoms with Crippen LogP contribution in [0.15, 0.2) is 71.9 Å². The lowest BCUT2D eigenvalue weighted by atomic mass is 10.1. The molecule has 0 atom stereocenters. The maximum absolute atomic E-state index is 14.1. The molecule has 3 aromatic carbocycles. The van der Waals surface area contributed by atoms with E-state index in [0.717, 1.165) is 20.5 Å². The van der Waals surface area contributed by atoms with E-state index in [1.807, 2.05) is 24.3 Å². The standard InChI is InChI=1S/C25H19F4N3O2S2/c1-15-17-7-3-6-10-22(17)35-23(15)32(14-16-11-12-19(26)18(13-16)25(27,28)29)36(33,34)24-30-20-8-4-5-9-21(20)31(24)2/h3-13H,14H2,1-2H3. The van der Waals surface area contributed by atoms with Crippen LogP contribution in [0.25, 0.3) is 21.1 Å². The Morgan fingerprint density at radius 1 is 1.03 bits per heavy atom. The van der Waals surface area contributed by atoms with Gasteiger partial charge in [0.25, 0.3) is 10.0 Å².